The molecule has 0 aromatic rings. The highest BCUT2D eigenvalue weighted by molar-refractivity contribution is 5.23. The van der Waals surface area contributed by atoms with Crippen molar-refractivity contribution in [2.24, 2.45) is 16.8 Å². The number of allylic oxidation sites excluding steroid dienone is 1. The van der Waals surface area contributed by atoms with Gasteiger partial charge in [0.25, 0.3) is 0 Å². The molecule has 0 spiro atoms. The number of aliphatic imine (C=N–C) groups is 1. The van der Waals surface area contributed by atoms with Crippen LogP contribution in [0.25, 0.3) is 0 Å². The molecule has 0 amide bonds. The van der Waals surface area contributed by atoms with E-state index in [1.807, 2.05) is 20.9 Å². The van der Waals surface area contributed by atoms with E-state index in [9.17, 15) is 0 Å². The Morgan fingerprint density at radius 3 is 1.28 bits per heavy atom. The molecule has 0 aliphatic heterocycles. The van der Waals surface area contributed by atoms with Crippen molar-refractivity contribution in [3.05, 3.63) is 25.4 Å². The fraction of sp³-hybridized carbons (Fsp3) is 0.900. The van der Waals surface area contributed by atoms with Crippen LogP contribution in [0.3, 0.4) is 0 Å². The maximum Gasteiger partial charge on any atom is 0.0464 e. The van der Waals surface area contributed by atoms with Crippen LogP contribution in [0.5, 0.6) is 0 Å². The van der Waals surface area contributed by atoms with Crippen molar-refractivity contribution < 1.29 is 5.48 Å². The van der Waals surface area contributed by atoms with Crippen LogP contribution in [0.2, 0.25) is 0 Å². The summed E-state index contributed by atoms with van der Waals surface area (Å²) in [6.07, 6.45) is 36.3. The molecule has 54 heavy (non-hydrogen) atoms. The summed E-state index contributed by atoms with van der Waals surface area (Å²) in [6, 6.07) is 0.463. The first-order valence-electron chi connectivity index (χ1n) is 23.5. The van der Waals surface area contributed by atoms with Gasteiger partial charge in [-0.1, -0.05) is 224 Å². The van der Waals surface area contributed by atoms with E-state index in [0.717, 1.165) is 11.8 Å². The van der Waals surface area contributed by atoms with Crippen molar-refractivity contribution in [1.29, 1.82) is 0 Å². The van der Waals surface area contributed by atoms with Crippen molar-refractivity contribution >= 4 is 6.72 Å². The molecular weight excluding hydrogens is 659 g/mol. The molecule has 0 aromatic heterocycles. The van der Waals surface area contributed by atoms with Crippen LogP contribution in [0.1, 0.15) is 250 Å². The van der Waals surface area contributed by atoms with Gasteiger partial charge in [0.1, 0.15) is 0 Å². The second kappa shape index (κ2) is 73.0. The molecule has 3 N–H and O–H groups in total. The molecule has 1 fully saturated rings. The first-order chi connectivity index (χ1) is 25.5. The van der Waals surface area contributed by atoms with Crippen molar-refractivity contribution in [2.75, 3.05) is 27.7 Å². The Labute approximate surface area is 347 Å². The quantitative estimate of drug-likeness (QED) is 0.0639. The third-order valence-corrected chi connectivity index (χ3v) is 8.81. The number of hydrogen-bond donors (Lipinski definition) is 1. The van der Waals surface area contributed by atoms with Gasteiger partial charge in [0.05, 0.1) is 0 Å². The lowest BCUT2D eigenvalue weighted by molar-refractivity contribution is 0.329. The summed E-state index contributed by atoms with van der Waals surface area (Å²) >= 11 is 0. The van der Waals surface area contributed by atoms with Gasteiger partial charge in [-0.05, 0) is 64.8 Å². The lowest BCUT2D eigenvalue weighted by Crippen LogP contribution is -2.12. The fourth-order valence-electron chi connectivity index (χ4n) is 5.08. The summed E-state index contributed by atoms with van der Waals surface area (Å²) in [5, 5.41) is 3.21. The van der Waals surface area contributed by atoms with Gasteiger partial charge in [0.15, 0.2) is 0 Å². The molecule has 0 heterocycles. The summed E-state index contributed by atoms with van der Waals surface area (Å²) in [5.74, 6) is 1.88. The maximum absolute atomic E-state index is 4.06. The van der Waals surface area contributed by atoms with E-state index < -0.39 is 0 Å². The van der Waals surface area contributed by atoms with E-state index in [1.54, 1.807) is 0 Å². The number of unbranched alkanes of at least 4 members (excludes halogenated alkanes) is 13. The van der Waals surface area contributed by atoms with Crippen LogP contribution in [0, 0.1) is 11.8 Å². The molecule has 0 unspecified atom stereocenters. The van der Waals surface area contributed by atoms with E-state index >= 15 is 0 Å². The van der Waals surface area contributed by atoms with Gasteiger partial charge in [0.2, 0.25) is 0 Å². The minimum absolute atomic E-state index is 0. The zero-order chi connectivity index (χ0) is 42.4. The molecule has 0 aromatic carbocycles. The van der Waals surface area contributed by atoms with Crippen LogP contribution in [-0.2, 0) is 0 Å². The van der Waals surface area contributed by atoms with Crippen molar-refractivity contribution in [2.45, 2.75) is 256 Å². The topological polar surface area (TPSA) is 59.1 Å². The highest BCUT2D eigenvalue weighted by Crippen LogP contribution is 2.28. The Bertz CT molecular complexity index is 554. The average molecular weight is 772 g/mol. The Balaban J connectivity index is -0.0000000855. The second-order valence-corrected chi connectivity index (χ2v) is 15.2. The third kappa shape index (κ3) is 88.2. The molecule has 0 bridgehead atoms. The highest BCUT2D eigenvalue weighted by Gasteiger charge is 2.13. The van der Waals surface area contributed by atoms with E-state index in [4.69, 9.17) is 0 Å². The normalized spacial score (nSPS) is 11.6. The standard InChI is InChI=1S/C17H37N.C12H23N.C6H13N.C5H12.2C3H8.C2H6.C2H4.H2O/c1-3-4-5-6-7-8-9-10-11-12-13-14-15-16-17-18-2;1-11(13(2)3)9-10-12-7-5-4-6-8-12;1-4-5-6(2)7-3;1-4-5(2)3;2*1-3-2;2*1-2;/h18H,3-17H2,1-2H3;12H,1,4-10H2,2-3H3;6H,3-5H2,1-2H3;5H,4H2,1-3H3;2*3H2,1-2H3;1-2H3;1-2H2;1H2/t;;6-;;;;;;/m..1....../s1. The first kappa shape index (κ1) is 70.7. The molecule has 1 atom stereocenters. The summed E-state index contributed by atoms with van der Waals surface area (Å²) in [6.45, 7) is 40.4. The summed E-state index contributed by atoms with van der Waals surface area (Å²) in [5.41, 5.74) is 1.28. The minimum atomic E-state index is 0. The van der Waals surface area contributed by atoms with Crippen LogP contribution in [-0.4, -0.2) is 50.8 Å². The molecule has 1 rings (SSSR count). The van der Waals surface area contributed by atoms with Crippen molar-refractivity contribution in [3.63, 3.8) is 0 Å². The van der Waals surface area contributed by atoms with Gasteiger partial charge in [-0.3, -0.25) is 4.99 Å². The predicted octanol–water partition coefficient (Wildman–Crippen LogP) is 16.9. The van der Waals surface area contributed by atoms with Gasteiger partial charge < -0.3 is 15.7 Å². The Hall–Kier alpha value is -1.13. The molecule has 0 radical (unpaired) electrons. The van der Waals surface area contributed by atoms with Gasteiger partial charge in [-0.2, -0.15) is 0 Å². The largest absolute Gasteiger partial charge is 0.412 e. The highest BCUT2D eigenvalue weighted by atomic mass is 16.0. The third-order valence-electron chi connectivity index (χ3n) is 8.81. The number of nitrogens with one attached hydrogen (secondary N) is 1. The van der Waals surface area contributed by atoms with Crippen LogP contribution < -0.4 is 5.32 Å². The number of rotatable bonds is 23. The number of hydrogen-bond acceptors (Lipinski definition) is 3. The smallest absolute Gasteiger partial charge is 0.0464 e. The molecule has 1 aliphatic carbocycles. The van der Waals surface area contributed by atoms with E-state index in [0.29, 0.717) is 6.04 Å². The zero-order valence-corrected chi connectivity index (χ0v) is 41.0. The molecule has 0 saturated heterocycles. The second-order valence-electron chi connectivity index (χ2n) is 15.2. The van der Waals surface area contributed by atoms with E-state index in [1.165, 1.54) is 179 Å². The van der Waals surface area contributed by atoms with Crippen LogP contribution >= 0.6 is 0 Å². The van der Waals surface area contributed by atoms with E-state index in [2.05, 4.69) is 125 Å². The maximum atomic E-state index is 4.06. The lowest BCUT2D eigenvalue weighted by Gasteiger charge is -2.23. The SMILES string of the molecule is C=C.C=C(CCC1CCCCC1)N(C)C.C=N[C@H](C)CCC.CC.CCC.CCC.CCC(C)C.CCCCCCCCCCCCCCCCNC.O. The van der Waals surface area contributed by atoms with E-state index in [-0.39, 0.29) is 5.48 Å². The molecule has 334 valence electrons. The van der Waals surface area contributed by atoms with Crippen LogP contribution in [0.4, 0.5) is 0 Å². The summed E-state index contributed by atoms with van der Waals surface area (Å²) in [4.78, 5) is 5.97. The van der Waals surface area contributed by atoms with Gasteiger partial charge in [-0.15, -0.1) is 13.2 Å². The summed E-state index contributed by atoms with van der Waals surface area (Å²) in [7, 11) is 6.22. The van der Waals surface area contributed by atoms with Gasteiger partial charge in [0, 0.05) is 25.8 Å². The van der Waals surface area contributed by atoms with Gasteiger partial charge in [-0.25, -0.2) is 0 Å². The molecular formula is C50H113N3O. The number of nitrogens with zero attached hydrogens (tertiary/aromatic N) is 2. The first-order valence-corrected chi connectivity index (χ1v) is 23.5. The Kier molecular flexibility index (Phi) is 95.6. The minimum Gasteiger partial charge on any atom is -0.412 e. The average Bonchev–Trinajstić information content (AvgIpc) is 3.17. The molecule has 1 saturated carbocycles. The monoisotopic (exact) mass is 772 g/mol. The zero-order valence-electron chi connectivity index (χ0n) is 41.0. The lowest BCUT2D eigenvalue weighted by atomic mass is 9.86. The molecule has 4 nitrogen and oxygen atoms in total. The molecule has 4 heteroatoms. The fourth-order valence-corrected chi connectivity index (χ4v) is 5.08. The van der Waals surface area contributed by atoms with Crippen LogP contribution in [0.15, 0.2) is 30.4 Å². The van der Waals surface area contributed by atoms with Crippen molar-refractivity contribution in [3.8, 4) is 0 Å². The van der Waals surface area contributed by atoms with Crippen molar-refractivity contribution in [1.82, 2.24) is 10.2 Å². The van der Waals surface area contributed by atoms with Gasteiger partial charge >= 0.3 is 0 Å². The molecule has 1 aliphatic rings. The predicted molar refractivity (Wildman–Crippen MR) is 260 cm³/mol. The summed E-state index contributed by atoms with van der Waals surface area (Å²) < 4.78 is 0. The Morgan fingerprint density at radius 1 is 0.667 bits per heavy atom. The Morgan fingerprint density at radius 2 is 1.02 bits per heavy atom.